The SMILES string of the molecule is Cc1ccc(C(=O)Nc2cccc(CNC(=O)c3ccc(N(C)C)c(F)c3)c2)cc1. The lowest BCUT2D eigenvalue weighted by Gasteiger charge is -2.14. The first-order valence-electron chi connectivity index (χ1n) is 9.55. The van der Waals surface area contributed by atoms with Crippen LogP contribution in [0.2, 0.25) is 0 Å². The molecule has 30 heavy (non-hydrogen) atoms. The van der Waals surface area contributed by atoms with E-state index in [-0.39, 0.29) is 23.9 Å². The molecule has 0 aliphatic rings. The van der Waals surface area contributed by atoms with E-state index in [2.05, 4.69) is 10.6 Å². The number of anilines is 2. The largest absolute Gasteiger partial charge is 0.375 e. The molecule has 0 unspecified atom stereocenters. The van der Waals surface area contributed by atoms with Gasteiger partial charge < -0.3 is 15.5 Å². The molecule has 0 fully saturated rings. The van der Waals surface area contributed by atoms with Gasteiger partial charge in [-0.05, 0) is 55.0 Å². The molecule has 3 rings (SSSR count). The van der Waals surface area contributed by atoms with E-state index in [9.17, 15) is 14.0 Å². The van der Waals surface area contributed by atoms with Crippen LogP contribution in [0.25, 0.3) is 0 Å². The van der Waals surface area contributed by atoms with Gasteiger partial charge in [-0.25, -0.2) is 4.39 Å². The average Bonchev–Trinajstić information content (AvgIpc) is 2.72. The third-order valence-electron chi connectivity index (χ3n) is 4.64. The Balaban J connectivity index is 1.62. The summed E-state index contributed by atoms with van der Waals surface area (Å²) >= 11 is 0. The number of carbonyl (C=O) groups excluding carboxylic acids is 2. The van der Waals surface area contributed by atoms with Crippen molar-refractivity contribution in [3.63, 3.8) is 0 Å². The summed E-state index contributed by atoms with van der Waals surface area (Å²) in [5, 5.41) is 5.63. The quantitative estimate of drug-likeness (QED) is 0.640. The van der Waals surface area contributed by atoms with Crippen molar-refractivity contribution >= 4 is 23.2 Å². The number of nitrogens with one attached hydrogen (secondary N) is 2. The van der Waals surface area contributed by atoms with Crippen molar-refractivity contribution in [2.24, 2.45) is 0 Å². The Morgan fingerprint density at radius 3 is 2.27 bits per heavy atom. The number of benzene rings is 3. The molecule has 0 atom stereocenters. The summed E-state index contributed by atoms with van der Waals surface area (Å²) in [6.45, 7) is 2.22. The number of nitrogens with zero attached hydrogens (tertiary/aromatic N) is 1. The molecular formula is C24H24FN3O2. The predicted molar refractivity (Wildman–Crippen MR) is 117 cm³/mol. The maximum atomic E-state index is 14.1. The maximum absolute atomic E-state index is 14.1. The van der Waals surface area contributed by atoms with Crippen molar-refractivity contribution < 1.29 is 14.0 Å². The van der Waals surface area contributed by atoms with E-state index in [1.807, 2.05) is 25.1 Å². The zero-order chi connectivity index (χ0) is 21.7. The third-order valence-corrected chi connectivity index (χ3v) is 4.64. The highest BCUT2D eigenvalue weighted by Gasteiger charge is 2.11. The molecule has 2 N–H and O–H groups in total. The number of hydrogen-bond acceptors (Lipinski definition) is 3. The molecule has 0 bridgehead atoms. The minimum Gasteiger partial charge on any atom is -0.375 e. The molecule has 0 spiro atoms. The van der Waals surface area contributed by atoms with Crippen molar-refractivity contribution in [1.29, 1.82) is 0 Å². The minimum atomic E-state index is -0.450. The second-order valence-corrected chi connectivity index (χ2v) is 7.26. The Hall–Kier alpha value is -3.67. The molecule has 154 valence electrons. The fourth-order valence-electron chi connectivity index (χ4n) is 2.96. The van der Waals surface area contributed by atoms with E-state index in [0.717, 1.165) is 11.1 Å². The van der Waals surface area contributed by atoms with Gasteiger partial charge in [0.1, 0.15) is 5.82 Å². The summed E-state index contributed by atoms with van der Waals surface area (Å²) < 4.78 is 14.1. The molecule has 6 heteroatoms. The van der Waals surface area contributed by atoms with Crippen molar-refractivity contribution in [1.82, 2.24) is 5.32 Å². The van der Waals surface area contributed by atoms with Crippen LogP contribution in [0.5, 0.6) is 0 Å². The van der Waals surface area contributed by atoms with E-state index in [0.29, 0.717) is 16.9 Å². The molecule has 3 aromatic rings. The van der Waals surface area contributed by atoms with Gasteiger partial charge in [0, 0.05) is 37.5 Å². The first kappa shape index (κ1) is 21.0. The predicted octanol–water partition coefficient (Wildman–Crippen LogP) is 4.38. The van der Waals surface area contributed by atoms with Crippen LogP contribution >= 0.6 is 0 Å². The highest BCUT2D eigenvalue weighted by Crippen LogP contribution is 2.18. The number of halogens is 1. The molecule has 0 heterocycles. The van der Waals surface area contributed by atoms with Crippen molar-refractivity contribution in [2.75, 3.05) is 24.3 Å². The third kappa shape index (κ3) is 5.23. The van der Waals surface area contributed by atoms with Crippen LogP contribution < -0.4 is 15.5 Å². The topological polar surface area (TPSA) is 61.4 Å². The average molecular weight is 405 g/mol. The lowest BCUT2D eigenvalue weighted by molar-refractivity contribution is 0.0949. The highest BCUT2D eigenvalue weighted by molar-refractivity contribution is 6.04. The normalized spacial score (nSPS) is 10.4. The summed E-state index contributed by atoms with van der Waals surface area (Å²) in [7, 11) is 3.48. The molecule has 0 aliphatic carbocycles. The highest BCUT2D eigenvalue weighted by atomic mass is 19.1. The van der Waals surface area contributed by atoms with Crippen molar-refractivity contribution in [2.45, 2.75) is 13.5 Å². The van der Waals surface area contributed by atoms with Gasteiger partial charge in [0.2, 0.25) is 0 Å². The Kier molecular flexibility index (Phi) is 6.47. The first-order valence-corrected chi connectivity index (χ1v) is 9.55. The number of aryl methyl sites for hydroxylation is 1. The Morgan fingerprint density at radius 2 is 1.60 bits per heavy atom. The fourth-order valence-corrected chi connectivity index (χ4v) is 2.96. The number of hydrogen-bond donors (Lipinski definition) is 2. The summed E-state index contributed by atoms with van der Waals surface area (Å²) in [5.41, 5.74) is 3.78. The molecule has 3 aromatic carbocycles. The van der Waals surface area contributed by atoms with E-state index >= 15 is 0 Å². The maximum Gasteiger partial charge on any atom is 0.255 e. The van der Waals surface area contributed by atoms with Crippen molar-refractivity contribution in [3.8, 4) is 0 Å². The number of rotatable bonds is 6. The molecule has 0 saturated carbocycles. The van der Waals surface area contributed by atoms with Crippen LogP contribution in [0.15, 0.2) is 66.7 Å². The first-order chi connectivity index (χ1) is 14.3. The van der Waals surface area contributed by atoms with Gasteiger partial charge in [0.15, 0.2) is 0 Å². The summed E-state index contributed by atoms with van der Waals surface area (Å²) in [6.07, 6.45) is 0. The van der Waals surface area contributed by atoms with Gasteiger partial charge in [-0.1, -0.05) is 29.8 Å². The van der Waals surface area contributed by atoms with Gasteiger partial charge in [-0.2, -0.15) is 0 Å². The van der Waals surface area contributed by atoms with Gasteiger partial charge in [0.05, 0.1) is 5.69 Å². The number of carbonyl (C=O) groups is 2. The molecule has 0 aromatic heterocycles. The molecule has 0 saturated heterocycles. The Bertz CT molecular complexity index is 1060. The Morgan fingerprint density at radius 1 is 0.900 bits per heavy atom. The van der Waals surface area contributed by atoms with Gasteiger partial charge in [-0.15, -0.1) is 0 Å². The van der Waals surface area contributed by atoms with Gasteiger partial charge in [0.25, 0.3) is 11.8 Å². The smallest absolute Gasteiger partial charge is 0.255 e. The van der Waals surface area contributed by atoms with Crippen molar-refractivity contribution in [3.05, 3.63) is 94.8 Å². The van der Waals surface area contributed by atoms with E-state index in [1.54, 1.807) is 61.5 Å². The second-order valence-electron chi connectivity index (χ2n) is 7.26. The van der Waals surface area contributed by atoms with Crippen LogP contribution in [-0.4, -0.2) is 25.9 Å². The monoisotopic (exact) mass is 405 g/mol. The number of amides is 2. The van der Waals surface area contributed by atoms with Gasteiger partial charge in [-0.3, -0.25) is 9.59 Å². The molecular weight excluding hydrogens is 381 g/mol. The van der Waals surface area contributed by atoms with E-state index in [1.165, 1.54) is 6.07 Å². The standard InChI is InChI=1S/C24H24FN3O2/c1-16-7-9-18(10-8-16)24(30)27-20-6-4-5-17(13-20)15-26-23(29)19-11-12-22(28(2)3)21(25)14-19/h4-14H,15H2,1-3H3,(H,26,29)(H,27,30). The van der Waals surface area contributed by atoms with Crippen LogP contribution in [0.4, 0.5) is 15.8 Å². The van der Waals surface area contributed by atoms with Crippen LogP contribution in [-0.2, 0) is 6.54 Å². The molecule has 0 radical (unpaired) electrons. The molecule has 0 aliphatic heterocycles. The minimum absolute atomic E-state index is 0.201. The van der Waals surface area contributed by atoms with E-state index < -0.39 is 5.82 Å². The van der Waals surface area contributed by atoms with Crippen LogP contribution in [0.3, 0.4) is 0 Å². The van der Waals surface area contributed by atoms with Crippen LogP contribution in [0.1, 0.15) is 31.8 Å². The summed E-state index contributed by atoms with van der Waals surface area (Å²) in [6, 6.07) is 18.9. The molecule has 2 amide bonds. The fraction of sp³-hybridized carbons (Fsp3) is 0.167. The molecule has 5 nitrogen and oxygen atoms in total. The second kappa shape index (κ2) is 9.22. The lowest BCUT2D eigenvalue weighted by atomic mass is 10.1. The summed E-state index contributed by atoms with van der Waals surface area (Å²) in [4.78, 5) is 26.4. The zero-order valence-electron chi connectivity index (χ0n) is 17.2. The summed E-state index contributed by atoms with van der Waals surface area (Å²) in [5.74, 6) is -1.02. The zero-order valence-corrected chi connectivity index (χ0v) is 17.2. The van der Waals surface area contributed by atoms with Gasteiger partial charge >= 0.3 is 0 Å². The van der Waals surface area contributed by atoms with Crippen LogP contribution in [0, 0.1) is 12.7 Å². The van der Waals surface area contributed by atoms with E-state index in [4.69, 9.17) is 0 Å². The Labute approximate surface area is 175 Å². The lowest BCUT2D eigenvalue weighted by Crippen LogP contribution is -2.23.